The number of rotatable bonds is 6. The number of nitrogens with one attached hydrogen (secondary N) is 1. The lowest BCUT2D eigenvalue weighted by Gasteiger charge is -2.31. The second kappa shape index (κ2) is 7.98. The molecule has 0 radical (unpaired) electrons. The van der Waals surface area contributed by atoms with E-state index in [1.807, 2.05) is 0 Å². The molecule has 0 fully saturated rings. The second-order valence-electron chi connectivity index (χ2n) is 7.49. The van der Waals surface area contributed by atoms with Crippen LogP contribution in [0.4, 0.5) is 5.69 Å². The van der Waals surface area contributed by atoms with Crippen LogP contribution in [-0.4, -0.2) is 24.5 Å². The minimum absolute atomic E-state index is 0.322. The maximum atomic E-state index is 3.91. The molecule has 0 unspecified atom stereocenters. The highest BCUT2D eigenvalue weighted by molar-refractivity contribution is 5.56. The van der Waals surface area contributed by atoms with Gasteiger partial charge in [0.1, 0.15) is 0 Å². The zero-order valence-corrected chi connectivity index (χ0v) is 16.2. The lowest BCUT2D eigenvalue weighted by atomic mass is 10.0. The molecule has 0 amide bonds. The van der Waals surface area contributed by atoms with Crippen molar-refractivity contribution in [1.29, 1.82) is 0 Å². The summed E-state index contributed by atoms with van der Waals surface area (Å²) in [5, 5.41) is 3.91. The molecular weight excluding hydrogens is 328 g/mol. The third-order valence-corrected chi connectivity index (χ3v) is 5.83. The van der Waals surface area contributed by atoms with Crippen molar-refractivity contribution in [3.63, 3.8) is 0 Å². The van der Waals surface area contributed by atoms with Crippen LogP contribution >= 0.6 is 0 Å². The van der Waals surface area contributed by atoms with Gasteiger partial charge in [0.15, 0.2) is 0 Å². The molecule has 0 aliphatic heterocycles. The highest BCUT2D eigenvalue weighted by atomic mass is 15.2. The van der Waals surface area contributed by atoms with Gasteiger partial charge in [0.2, 0.25) is 0 Å². The summed E-state index contributed by atoms with van der Waals surface area (Å²) in [6, 6.07) is 29.2. The summed E-state index contributed by atoms with van der Waals surface area (Å²) in [6.07, 6.45) is 2.06. The second-order valence-corrected chi connectivity index (χ2v) is 7.49. The molecule has 0 saturated carbocycles. The first kappa shape index (κ1) is 17.8. The van der Waals surface area contributed by atoms with Gasteiger partial charge in [-0.15, -0.1) is 0 Å². The molecule has 1 N–H and O–H groups in total. The Morgan fingerprint density at radius 1 is 0.889 bits per heavy atom. The van der Waals surface area contributed by atoms with Gasteiger partial charge in [-0.05, 0) is 54.8 Å². The van der Waals surface area contributed by atoms with Crippen molar-refractivity contribution in [3.8, 4) is 0 Å². The number of hydrogen-bond acceptors (Lipinski definition) is 2. The Morgan fingerprint density at radius 3 is 2.41 bits per heavy atom. The Bertz CT molecular complexity index is 888. The van der Waals surface area contributed by atoms with E-state index < -0.39 is 0 Å². The van der Waals surface area contributed by atoms with Crippen LogP contribution in [0.5, 0.6) is 0 Å². The fourth-order valence-corrected chi connectivity index (χ4v) is 4.19. The molecule has 4 rings (SSSR count). The van der Waals surface area contributed by atoms with Gasteiger partial charge < -0.3 is 10.2 Å². The van der Waals surface area contributed by atoms with Crippen LogP contribution in [-0.2, 0) is 12.8 Å². The first-order valence-electron chi connectivity index (χ1n) is 9.92. The van der Waals surface area contributed by atoms with Crippen molar-refractivity contribution in [1.82, 2.24) is 4.90 Å². The molecule has 0 bridgehead atoms. The molecule has 138 valence electrons. The van der Waals surface area contributed by atoms with E-state index in [4.69, 9.17) is 0 Å². The van der Waals surface area contributed by atoms with Gasteiger partial charge in [0, 0.05) is 11.7 Å². The summed E-state index contributed by atoms with van der Waals surface area (Å²) in [5.74, 6) is 0. The number of anilines is 1. The van der Waals surface area contributed by atoms with Gasteiger partial charge in [-0.1, -0.05) is 79.7 Å². The average Bonchev–Trinajstić information content (AvgIpc) is 3.08. The maximum Gasteiger partial charge on any atom is 0.0675 e. The smallest absolute Gasteiger partial charge is 0.0675 e. The van der Waals surface area contributed by atoms with Crippen LogP contribution in [0.3, 0.4) is 0 Å². The Labute approximate surface area is 162 Å². The summed E-state index contributed by atoms with van der Waals surface area (Å²) in [6.45, 7) is 3.30. The fraction of sp³-hybridized carbons (Fsp3) is 0.280. The Morgan fingerprint density at radius 2 is 1.59 bits per heavy atom. The Kier molecular flexibility index (Phi) is 5.26. The van der Waals surface area contributed by atoms with Crippen LogP contribution in [0, 0.1) is 0 Å². The van der Waals surface area contributed by atoms with Crippen LogP contribution in [0.1, 0.15) is 35.2 Å². The molecular formula is C25H28N2. The summed E-state index contributed by atoms with van der Waals surface area (Å²) >= 11 is 0. The molecule has 2 heteroatoms. The van der Waals surface area contributed by atoms with Crippen LogP contribution < -0.4 is 5.32 Å². The summed E-state index contributed by atoms with van der Waals surface area (Å²) < 4.78 is 0. The third kappa shape index (κ3) is 3.77. The summed E-state index contributed by atoms with van der Waals surface area (Å²) in [4.78, 5) is 2.47. The molecule has 0 saturated heterocycles. The molecule has 0 aromatic heterocycles. The van der Waals surface area contributed by atoms with Gasteiger partial charge in [0.05, 0.1) is 6.04 Å². The van der Waals surface area contributed by atoms with E-state index in [1.54, 1.807) is 0 Å². The van der Waals surface area contributed by atoms with E-state index in [1.165, 1.54) is 27.9 Å². The Balaban J connectivity index is 1.64. The first-order valence-corrected chi connectivity index (χ1v) is 9.92. The molecule has 2 atom stereocenters. The normalized spacial score (nSPS) is 18.5. The van der Waals surface area contributed by atoms with E-state index in [2.05, 4.69) is 103 Å². The minimum Gasteiger partial charge on any atom is -0.376 e. The van der Waals surface area contributed by atoms with E-state index in [-0.39, 0.29) is 0 Å². The van der Waals surface area contributed by atoms with Crippen molar-refractivity contribution in [2.45, 2.75) is 31.8 Å². The molecule has 3 aromatic carbocycles. The van der Waals surface area contributed by atoms with Crippen molar-refractivity contribution in [2.24, 2.45) is 0 Å². The largest absolute Gasteiger partial charge is 0.376 e. The number of likely N-dealkylation sites (N-methyl/N-ethyl adjacent to an activating group) is 1. The quantitative estimate of drug-likeness (QED) is 0.644. The molecule has 1 aliphatic carbocycles. The lowest BCUT2D eigenvalue weighted by Crippen LogP contribution is -2.37. The molecule has 27 heavy (non-hydrogen) atoms. The van der Waals surface area contributed by atoms with Gasteiger partial charge >= 0.3 is 0 Å². The number of para-hydroxylation sites is 1. The van der Waals surface area contributed by atoms with Crippen LogP contribution in [0.2, 0.25) is 0 Å². The summed E-state index contributed by atoms with van der Waals surface area (Å²) in [5.41, 5.74) is 6.86. The number of hydrogen-bond donors (Lipinski definition) is 1. The zero-order chi connectivity index (χ0) is 18.6. The minimum atomic E-state index is 0.322. The molecule has 0 spiro atoms. The van der Waals surface area contributed by atoms with Crippen LogP contribution in [0.15, 0.2) is 78.9 Å². The van der Waals surface area contributed by atoms with E-state index in [0.717, 1.165) is 19.4 Å². The molecule has 2 nitrogen and oxygen atoms in total. The van der Waals surface area contributed by atoms with Gasteiger partial charge in [-0.2, -0.15) is 0 Å². The predicted octanol–water partition coefficient (Wildman–Crippen LogP) is 5.31. The van der Waals surface area contributed by atoms with E-state index in [9.17, 15) is 0 Å². The van der Waals surface area contributed by atoms with E-state index >= 15 is 0 Å². The fourth-order valence-electron chi connectivity index (χ4n) is 4.19. The van der Waals surface area contributed by atoms with Crippen molar-refractivity contribution < 1.29 is 0 Å². The number of fused-ring (bicyclic) bond motifs is 1. The third-order valence-electron chi connectivity index (χ3n) is 5.83. The van der Waals surface area contributed by atoms with Crippen molar-refractivity contribution in [2.75, 3.05) is 18.9 Å². The SMILES string of the molecule is CCN(C)[C@@H]1Cc2ccccc2[C@H]1Nc1ccccc1Cc1ccccc1. The van der Waals surface area contributed by atoms with Crippen molar-refractivity contribution in [3.05, 3.63) is 101 Å². The number of benzene rings is 3. The van der Waals surface area contributed by atoms with Gasteiger partial charge in [-0.25, -0.2) is 0 Å². The van der Waals surface area contributed by atoms with Gasteiger partial charge in [0.25, 0.3) is 0 Å². The van der Waals surface area contributed by atoms with Gasteiger partial charge in [-0.3, -0.25) is 0 Å². The monoisotopic (exact) mass is 356 g/mol. The topological polar surface area (TPSA) is 15.3 Å². The average molecular weight is 357 g/mol. The zero-order valence-electron chi connectivity index (χ0n) is 16.2. The Hall–Kier alpha value is -2.58. The number of nitrogens with zero attached hydrogens (tertiary/aromatic N) is 1. The van der Waals surface area contributed by atoms with Crippen LogP contribution in [0.25, 0.3) is 0 Å². The summed E-state index contributed by atoms with van der Waals surface area (Å²) in [7, 11) is 2.24. The standard InChI is InChI=1S/C25H28N2/c1-3-27(2)24-18-20-13-7-9-15-22(20)25(24)26-23-16-10-8-14-21(23)17-19-11-5-4-6-12-19/h4-16,24-26H,3,17-18H2,1-2H3/t24-,25-/m1/s1. The molecule has 0 heterocycles. The predicted molar refractivity (Wildman–Crippen MR) is 114 cm³/mol. The lowest BCUT2D eigenvalue weighted by molar-refractivity contribution is 0.241. The van der Waals surface area contributed by atoms with Crippen molar-refractivity contribution >= 4 is 5.69 Å². The molecule has 1 aliphatic rings. The van der Waals surface area contributed by atoms with E-state index in [0.29, 0.717) is 12.1 Å². The molecule has 3 aromatic rings. The maximum absolute atomic E-state index is 3.91. The first-order chi connectivity index (χ1) is 13.3. The highest BCUT2D eigenvalue weighted by Gasteiger charge is 2.34. The highest BCUT2D eigenvalue weighted by Crippen LogP contribution is 2.37.